The van der Waals surface area contributed by atoms with Crippen molar-refractivity contribution >= 4 is 5.97 Å². The SMILES string of the molecule is C=C/C(=C\C=C(/C)[C@H](C)C(=O)O)CC(C)C. The minimum absolute atomic E-state index is 0.429. The van der Waals surface area contributed by atoms with Gasteiger partial charge in [0.25, 0.3) is 0 Å². The third-order valence-corrected chi connectivity index (χ3v) is 2.52. The lowest BCUT2D eigenvalue weighted by atomic mass is 9.99. The lowest BCUT2D eigenvalue weighted by Gasteiger charge is -2.07. The van der Waals surface area contributed by atoms with Gasteiger partial charge in [-0.25, -0.2) is 0 Å². The third kappa shape index (κ3) is 5.54. The molecule has 0 aromatic heterocycles. The zero-order valence-electron chi connectivity index (χ0n) is 10.7. The zero-order chi connectivity index (χ0) is 12.7. The molecule has 2 nitrogen and oxygen atoms in total. The van der Waals surface area contributed by atoms with Gasteiger partial charge in [-0.05, 0) is 31.8 Å². The summed E-state index contributed by atoms with van der Waals surface area (Å²) in [6.07, 6.45) is 6.63. The van der Waals surface area contributed by atoms with Crippen LogP contribution in [-0.2, 0) is 4.79 Å². The highest BCUT2D eigenvalue weighted by Gasteiger charge is 2.11. The molecule has 0 aliphatic rings. The summed E-state index contributed by atoms with van der Waals surface area (Å²) >= 11 is 0. The van der Waals surface area contributed by atoms with Crippen LogP contribution in [0.5, 0.6) is 0 Å². The van der Waals surface area contributed by atoms with Gasteiger partial charge < -0.3 is 5.11 Å². The molecule has 0 aromatic carbocycles. The summed E-state index contributed by atoms with van der Waals surface area (Å²) < 4.78 is 0. The molecule has 0 aliphatic heterocycles. The van der Waals surface area contributed by atoms with Crippen molar-refractivity contribution in [3.63, 3.8) is 0 Å². The Labute approximate surface area is 98.4 Å². The van der Waals surface area contributed by atoms with Crippen LogP contribution < -0.4 is 0 Å². The number of hydrogen-bond acceptors (Lipinski definition) is 1. The summed E-state index contributed by atoms with van der Waals surface area (Å²) in [7, 11) is 0. The van der Waals surface area contributed by atoms with E-state index in [1.54, 1.807) is 6.92 Å². The summed E-state index contributed by atoms with van der Waals surface area (Å²) in [4.78, 5) is 10.8. The molecule has 2 heteroatoms. The summed E-state index contributed by atoms with van der Waals surface area (Å²) in [6, 6.07) is 0. The van der Waals surface area contributed by atoms with Crippen LogP contribution in [0.2, 0.25) is 0 Å². The van der Waals surface area contributed by atoms with Gasteiger partial charge >= 0.3 is 5.97 Å². The molecule has 0 saturated carbocycles. The van der Waals surface area contributed by atoms with E-state index in [9.17, 15) is 4.79 Å². The monoisotopic (exact) mass is 222 g/mol. The Balaban J connectivity index is 4.68. The zero-order valence-corrected chi connectivity index (χ0v) is 10.7. The van der Waals surface area contributed by atoms with Gasteiger partial charge in [0.15, 0.2) is 0 Å². The first-order valence-corrected chi connectivity index (χ1v) is 5.61. The van der Waals surface area contributed by atoms with Gasteiger partial charge in [-0.1, -0.05) is 44.2 Å². The molecule has 0 aromatic rings. The largest absolute Gasteiger partial charge is 0.481 e. The molecule has 0 radical (unpaired) electrons. The first-order chi connectivity index (χ1) is 7.38. The van der Waals surface area contributed by atoms with Gasteiger partial charge in [-0.2, -0.15) is 0 Å². The van der Waals surface area contributed by atoms with Crippen molar-refractivity contribution in [1.29, 1.82) is 0 Å². The van der Waals surface area contributed by atoms with Gasteiger partial charge in [-0.3, -0.25) is 4.79 Å². The van der Waals surface area contributed by atoms with Crippen LogP contribution in [0.1, 0.15) is 34.1 Å². The molecule has 0 unspecified atom stereocenters. The fourth-order valence-electron chi connectivity index (χ4n) is 1.27. The van der Waals surface area contributed by atoms with Gasteiger partial charge in [0.1, 0.15) is 0 Å². The number of hydrogen-bond donors (Lipinski definition) is 1. The van der Waals surface area contributed by atoms with Crippen LogP contribution in [0.25, 0.3) is 0 Å². The Kier molecular flexibility index (Phi) is 6.47. The second-order valence-corrected chi connectivity index (χ2v) is 4.51. The molecule has 90 valence electrons. The van der Waals surface area contributed by atoms with Gasteiger partial charge in [0.2, 0.25) is 0 Å². The molecule has 0 rings (SSSR count). The van der Waals surface area contributed by atoms with E-state index in [1.807, 2.05) is 25.2 Å². The van der Waals surface area contributed by atoms with Crippen molar-refractivity contribution in [2.75, 3.05) is 0 Å². The number of aliphatic carboxylic acids is 1. The molecular formula is C14H22O2. The summed E-state index contributed by atoms with van der Waals surface area (Å²) in [5.41, 5.74) is 2.00. The first kappa shape index (κ1) is 14.7. The number of carboxylic acids is 1. The fourth-order valence-corrected chi connectivity index (χ4v) is 1.27. The van der Waals surface area contributed by atoms with Gasteiger partial charge in [0, 0.05) is 0 Å². The normalized spacial score (nSPS) is 15.1. The van der Waals surface area contributed by atoms with Gasteiger partial charge in [0.05, 0.1) is 5.92 Å². The molecule has 0 heterocycles. The molecule has 0 amide bonds. The molecule has 0 bridgehead atoms. The topological polar surface area (TPSA) is 37.3 Å². The Morgan fingerprint density at radius 1 is 1.31 bits per heavy atom. The van der Waals surface area contributed by atoms with Crippen molar-refractivity contribution < 1.29 is 9.90 Å². The smallest absolute Gasteiger partial charge is 0.310 e. The number of carbonyl (C=O) groups is 1. The highest BCUT2D eigenvalue weighted by molar-refractivity contribution is 5.73. The lowest BCUT2D eigenvalue weighted by molar-refractivity contribution is -0.139. The molecule has 1 atom stereocenters. The summed E-state index contributed by atoms with van der Waals surface area (Å²) in [5, 5.41) is 8.84. The van der Waals surface area contributed by atoms with Gasteiger partial charge in [-0.15, -0.1) is 0 Å². The second kappa shape index (κ2) is 7.04. The van der Waals surface area contributed by atoms with E-state index in [-0.39, 0.29) is 0 Å². The van der Waals surface area contributed by atoms with Crippen LogP contribution in [0.3, 0.4) is 0 Å². The predicted octanol–water partition coefficient (Wildman–Crippen LogP) is 3.81. The van der Waals surface area contributed by atoms with Crippen molar-refractivity contribution in [3.8, 4) is 0 Å². The molecule has 0 saturated heterocycles. The molecular weight excluding hydrogens is 200 g/mol. The van der Waals surface area contributed by atoms with E-state index in [0.29, 0.717) is 5.92 Å². The highest BCUT2D eigenvalue weighted by Crippen LogP contribution is 2.14. The van der Waals surface area contributed by atoms with Crippen LogP contribution in [0.15, 0.2) is 36.0 Å². The minimum atomic E-state index is -0.786. The van der Waals surface area contributed by atoms with Crippen molar-refractivity contribution in [3.05, 3.63) is 36.0 Å². The molecule has 0 fully saturated rings. The van der Waals surface area contributed by atoms with Crippen molar-refractivity contribution in [2.45, 2.75) is 34.1 Å². The van der Waals surface area contributed by atoms with Crippen LogP contribution >= 0.6 is 0 Å². The van der Waals surface area contributed by atoms with Crippen molar-refractivity contribution in [1.82, 2.24) is 0 Å². The number of carboxylic acid groups (broad SMARTS) is 1. The van der Waals surface area contributed by atoms with Crippen LogP contribution in [0.4, 0.5) is 0 Å². The maximum absolute atomic E-state index is 10.8. The maximum atomic E-state index is 10.8. The maximum Gasteiger partial charge on any atom is 0.310 e. The molecule has 16 heavy (non-hydrogen) atoms. The summed E-state index contributed by atoms with van der Waals surface area (Å²) in [5.74, 6) is -0.637. The number of rotatable bonds is 6. The van der Waals surface area contributed by atoms with E-state index >= 15 is 0 Å². The minimum Gasteiger partial charge on any atom is -0.481 e. The average molecular weight is 222 g/mol. The fraction of sp³-hybridized carbons (Fsp3) is 0.500. The average Bonchev–Trinajstić information content (AvgIpc) is 2.21. The van der Waals surface area contributed by atoms with E-state index in [0.717, 1.165) is 17.6 Å². The van der Waals surface area contributed by atoms with E-state index in [1.165, 1.54) is 0 Å². The Hall–Kier alpha value is -1.31. The highest BCUT2D eigenvalue weighted by atomic mass is 16.4. The van der Waals surface area contributed by atoms with E-state index < -0.39 is 11.9 Å². The molecule has 0 aliphatic carbocycles. The lowest BCUT2D eigenvalue weighted by Crippen LogP contribution is -2.10. The van der Waals surface area contributed by atoms with Crippen molar-refractivity contribution in [2.24, 2.45) is 11.8 Å². The Morgan fingerprint density at radius 3 is 2.25 bits per heavy atom. The van der Waals surface area contributed by atoms with Crippen LogP contribution in [-0.4, -0.2) is 11.1 Å². The first-order valence-electron chi connectivity index (χ1n) is 5.61. The second-order valence-electron chi connectivity index (χ2n) is 4.51. The predicted molar refractivity (Wildman–Crippen MR) is 68.3 cm³/mol. The quantitative estimate of drug-likeness (QED) is 0.694. The Morgan fingerprint density at radius 2 is 1.88 bits per heavy atom. The summed E-state index contributed by atoms with van der Waals surface area (Å²) in [6.45, 7) is 11.6. The van der Waals surface area contributed by atoms with Crippen LogP contribution in [0, 0.1) is 11.8 Å². The molecule has 1 N–H and O–H groups in total. The Bertz CT molecular complexity index is 309. The third-order valence-electron chi connectivity index (χ3n) is 2.52. The van der Waals surface area contributed by atoms with E-state index in [2.05, 4.69) is 20.4 Å². The number of allylic oxidation sites excluding steroid dienone is 4. The molecule has 0 spiro atoms. The standard InChI is InChI=1S/C14H22O2/c1-6-13(9-10(2)3)8-7-11(4)12(5)14(15)16/h6-8,10,12H,1,9H2,2-5H3,(H,15,16)/b11-7+,13-8+/t12-/m0/s1. The van der Waals surface area contributed by atoms with E-state index in [4.69, 9.17) is 5.11 Å².